The van der Waals surface area contributed by atoms with Crippen LogP contribution in [-0.2, 0) is 18.4 Å². The molecule has 1 aliphatic carbocycles. The highest BCUT2D eigenvalue weighted by molar-refractivity contribution is 5.79. The zero-order chi connectivity index (χ0) is 14.3. The molecule has 0 saturated carbocycles. The van der Waals surface area contributed by atoms with Gasteiger partial charge in [0, 0.05) is 18.0 Å². The Kier molecular flexibility index (Phi) is 2.79. The van der Waals surface area contributed by atoms with Crippen molar-refractivity contribution in [3.63, 3.8) is 0 Å². The van der Waals surface area contributed by atoms with Crippen molar-refractivity contribution < 1.29 is 5.11 Å². The maximum absolute atomic E-state index is 11.1. The molecule has 0 spiro atoms. The summed E-state index contributed by atoms with van der Waals surface area (Å²) in [4.78, 5) is 4.40. The van der Waals surface area contributed by atoms with Gasteiger partial charge in [0.15, 0.2) is 0 Å². The molecule has 1 unspecified atom stereocenters. The number of aliphatic hydroxyl groups is 1. The highest BCUT2D eigenvalue weighted by atomic mass is 16.3. The van der Waals surface area contributed by atoms with Crippen molar-refractivity contribution in [3.05, 3.63) is 77.5 Å². The van der Waals surface area contributed by atoms with E-state index in [1.54, 1.807) is 6.20 Å². The Balaban J connectivity index is 1.77. The van der Waals surface area contributed by atoms with Crippen molar-refractivity contribution in [2.24, 2.45) is 0 Å². The molecule has 1 N–H and O–H groups in total. The van der Waals surface area contributed by atoms with Gasteiger partial charge in [-0.25, -0.2) is 0 Å². The van der Waals surface area contributed by atoms with E-state index in [0.29, 0.717) is 6.42 Å². The number of nitrogens with zero attached hydrogens (tertiary/aromatic N) is 1. The second kappa shape index (κ2) is 4.68. The third-order valence-corrected chi connectivity index (χ3v) is 4.55. The van der Waals surface area contributed by atoms with Gasteiger partial charge in [-0.05, 0) is 41.7 Å². The van der Waals surface area contributed by atoms with Gasteiger partial charge in [0.25, 0.3) is 0 Å². The summed E-state index contributed by atoms with van der Waals surface area (Å²) >= 11 is 0. The number of hydrogen-bond donors (Lipinski definition) is 1. The third-order valence-electron chi connectivity index (χ3n) is 4.55. The van der Waals surface area contributed by atoms with E-state index in [1.165, 1.54) is 11.1 Å². The molecule has 1 atom stereocenters. The minimum absolute atomic E-state index is 0.682. The summed E-state index contributed by atoms with van der Waals surface area (Å²) in [5.41, 5.74) is 3.76. The van der Waals surface area contributed by atoms with E-state index >= 15 is 0 Å². The number of benzene rings is 2. The summed E-state index contributed by atoms with van der Waals surface area (Å²) in [6.45, 7) is 0. The van der Waals surface area contributed by atoms with E-state index < -0.39 is 5.60 Å². The number of hydrogen-bond acceptors (Lipinski definition) is 2. The van der Waals surface area contributed by atoms with E-state index in [1.807, 2.05) is 30.3 Å². The van der Waals surface area contributed by atoms with Crippen molar-refractivity contribution in [2.75, 3.05) is 0 Å². The molecule has 0 bridgehead atoms. The largest absolute Gasteiger partial charge is 0.385 e. The van der Waals surface area contributed by atoms with Crippen LogP contribution in [0.5, 0.6) is 0 Å². The van der Waals surface area contributed by atoms with Crippen LogP contribution >= 0.6 is 0 Å². The van der Waals surface area contributed by atoms with Gasteiger partial charge in [-0.1, -0.05) is 42.5 Å². The van der Waals surface area contributed by atoms with Crippen LogP contribution in [0.2, 0.25) is 0 Å². The lowest BCUT2D eigenvalue weighted by Gasteiger charge is -2.34. The van der Waals surface area contributed by atoms with Gasteiger partial charge < -0.3 is 5.11 Å². The van der Waals surface area contributed by atoms with Crippen molar-refractivity contribution in [1.29, 1.82) is 0 Å². The van der Waals surface area contributed by atoms with Crippen LogP contribution in [0.4, 0.5) is 0 Å². The van der Waals surface area contributed by atoms with Crippen LogP contribution in [0.25, 0.3) is 10.9 Å². The molecule has 1 aliphatic rings. The van der Waals surface area contributed by atoms with Gasteiger partial charge in [-0.2, -0.15) is 0 Å². The van der Waals surface area contributed by atoms with Crippen LogP contribution in [0.3, 0.4) is 0 Å². The summed E-state index contributed by atoms with van der Waals surface area (Å²) in [6.07, 6.45) is 4.17. The van der Waals surface area contributed by atoms with Gasteiger partial charge in [-0.3, -0.25) is 4.98 Å². The lowest BCUT2D eigenvalue weighted by Crippen LogP contribution is -2.33. The summed E-state index contributed by atoms with van der Waals surface area (Å²) in [5.74, 6) is 0. The normalized spacial score (nSPS) is 21.2. The van der Waals surface area contributed by atoms with E-state index in [2.05, 4.69) is 29.2 Å². The van der Waals surface area contributed by atoms with Crippen LogP contribution in [0.15, 0.2) is 60.8 Å². The Bertz CT molecular complexity index is 811. The predicted octanol–water partition coefficient (Wildman–Crippen LogP) is 3.61. The molecular weight excluding hydrogens is 258 g/mol. The average Bonchev–Trinajstić information content (AvgIpc) is 2.54. The molecule has 2 nitrogen and oxygen atoms in total. The fourth-order valence-electron chi connectivity index (χ4n) is 3.32. The summed E-state index contributed by atoms with van der Waals surface area (Å²) in [6, 6.07) is 18.5. The van der Waals surface area contributed by atoms with Crippen LogP contribution in [0.1, 0.15) is 23.1 Å². The summed E-state index contributed by atoms with van der Waals surface area (Å²) in [5, 5.41) is 12.2. The molecule has 0 saturated heterocycles. The molecular formula is C19H17NO. The molecule has 1 heterocycles. The monoisotopic (exact) mass is 275 g/mol. The standard InChI is InChI=1S/C19H17NO/c21-19(10-9-14-4-1-2-5-16(14)13-19)17-8-7-15-6-3-11-20-18(15)12-17/h1-8,11-12,21H,9-10,13H2. The zero-order valence-corrected chi connectivity index (χ0v) is 11.8. The van der Waals surface area contributed by atoms with Crippen molar-refractivity contribution >= 4 is 10.9 Å². The molecule has 2 aromatic carbocycles. The topological polar surface area (TPSA) is 33.1 Å². The van der Waals surface area contributed by atoms with Gasteiger partial charge in [0.05, 0.1) is 11.1 Å². The first-order valence-corrected chi connectivity index (χ1v) is 7.39. The van der Waals surface area contributed by atoms with Crippen LogP contribution < -0.4 is 0 Å². The maximum atomic E-state index is 11.1. The SMILES string of the molecule is OC1(c2ccc3cccnc3c2)CCc2ccccc2C1. The van der Waals surface area contributed by atoms with Crippen molar-refractivity contribution in [2.45, 2.75) is 24.9 Å². The molecule has 0 radical (unpaired) electrons. The third kappa shape index (κ3) is 2.12. The highest BCUT2D eigenvalue weighted by Crippen LogP contribution is 2.37. The van der Waals surface area contributed by atoms with Gasteiger partial charge >= 0.3 is 0 Å². The molecule has 0 fully saturated rings. The fraction of sp³-hybridized carbons (Fsp3) is 0.211. The highest BCUT2D eigenvalue weighted by Gasteiger charge is 2.33. The van der Waals surface area contributed by atoms with E-state index in [-0.39, 0.29) is 0 Å². The fourth-order valence-corrected chi connectivity index (χ4v) is 3.32. The van der Waals surface area contributed by atoms with E-state index in [9.17, 15) is 5.11 Å². The van der Waals surface area contributed by atoms with Gasteiger partial charge in [-0.15, -0.1) is 0 Å². The molecule has 104 valence electrons. The van der Waals surface area contributed by atoms with Crippen LogP contribution in [-0.4, -0.2) is 10.1 Å². The molecule has 0 aliphatic heterocycles. The average molecular weight is 275 g/mol. The minimum atomic E-state index is -0.778. The molecule has 21 heavy (non-hydrogen) atoms. The molecule has 0 amide bonds. The van der Waals surface area contributed by atoms with Crippen LogP contribution in [0, 0.1) is 0 Å². The quantitative estimate of drug-likeness (QED) is 0.736. The first-order chi connectivity index (χ1) is 10.2. The number of aryl methyl sites for hydroxylation is 1. The zero-order valence-electron chi connectivity index (χ0n) is 11.8. The molecule has 4 rings (SSSR count). The van der Waals surface area contributed by atoms with Gasteiger partial charge in [0.1, 0.15) is 0 Å². The lowest BCUT2D eigenvalue weighted by molar-refractivity contribution is 0.0224. The predicted molar refractivity (Wildman–Crippen MR) is 84.1 cm³/mol. The van der Waals surface area contributed by atoms with E-state index in [4.69, 9.17) is 0 Å². The number of rotatable bonds is 1. The number of fused-ring (bicyclic) bond motifs is 2. The Morgan fingerprint density at radius 1 is 0.952 bits per heavy atom. The van der Waals surface area contributed by atoms with E-state index in [0.717, 1.165) is 29.3 Å². The smallest absolute Gasteiger partial charge is 0.0940 e. The Labute approximate surface area is 124 Å². The summed E-state index contributed by atoms with van der Waals surface area (Å²) in [7, 11) is 0. The molecule has 1 aromatic heterocycles. The minimum Gasteiger partial charge on any atom is -0.385 e. The second-order valence-electron chi connectivity index (χ2n) is 5.89. The second-order valence-corrected chi connectivity index (χ2v) is 5.89. The lowest BCUT2D eigenvalue weighted by atomic mass is 9.76. The number of aromatic nitrogens is 1. The molecule has 2 heteroatoms. The summed E-state index contributed by atoms with van der Waals surface area (Å²) < 4.78 is 0. The molecule has 3 aromatic rings. The van der Waals surface area contributed by atoms with Gasteiger partial charge in [0.2, 0.25) is 0 Å². The maximum Gasteiger partial charge on any atom is 0.0940 e. The Morgan fingerprint density at radius 2 is 1.81 bits per heavy atom. The van der Waals surface area contributed by atoms with Crippen molar-refractivity contribution in [1.82, 2.24) is 4.98 Å². The number of pyridine rings is 1. The first kappa shape index (κ1) is 12.5. The van der Waals surface area contributed by atoms with Crippen molar-refractivity contribution in [3.8, 4) is 0 Å². The Hall–Kier alpha value is -2.19. The Morgan fingerprint density at radius 3 is 2.71 bits per heavy atom. The first-order valence-electron chi connectivity index (χ1n) is 7.39.